The molecule has 0 heterocycles. The minimum Gasteiger partial charge on any atom is -0.353 e. The van der Waals surface area contributed by atoms with Crippen LogP contribution in [-0.4, -0.2) is 18.0 Å². The van der Waals surface area contributed by atoms with E-state index in [0.29, 0.717) is 12.0 Å². The van der Waals surface area contributed by atoms with Gasteiger partial charge in [0.1, 0.15) is 0 Å². The monoisotopic (exact) mass is 266 g/mol. The molecule has 0 bridgehead atoms. The van der Waals surface area contributed by atoms with Gasteiger partial charge < -0.3 is 11.1 Å². The van der Waals surface area contributed by atoms with Gasteiger partial charge >= 0.3 is 0 Å². The summed E-state index contributed by atoms with van der Waals surface area (Å²) in [6.45, 7) is 8.82. The molecular weight excluding hydrogens is 236 g/mol. The van der Waals surface area contributed by atoms with Crippen molar-refractivity contribution in [3.8, 4) is 0 Å². The highest BCUT2D eigenvalue weighted by molar-refractivity contribution is 5.80. The second-order valence-corrected chi connectivity index (χ2v) is 7.30. The predicted octanol–water partition coefficient (Wildman–Crippen LogP) is 2.69. The van der Waals surface area contributed by atoms with Crippen LogP contribution in [0.1, 0.15) is 59.8 Å². The summed E-state index contributed by atoms with van der Waals surface area (Å²) in [5, 5.41) is 3.27. The summed E-state index contributed by atoms with van der Waals surface area (Å²) >= 11 is 0. The second kappa shape index (κ2) is 5.43. The largest absolute Gasteiger partial charge is 0.353 e. The summed E-state index contributed by atoms with van der Waals surface area (Å²) < 4.78 is 0. The molecule has 0 spiro atoms. The van der Waals surface area contributed by atoms with Crippen LogP contribution in [0.25, 0.3) is 0 Å². The van der Waals surface area contributed by atoms with Gasteiger partial charge in [-0.05, 0) is 42.9 Å². The van der Waals surface area contributed by atoms with E-state index >= 15 is 0 Å². The number of hydrogen-bond acceptors (Lipinski definition) is 2. The summed E-state index contributed by atoms with van der Waals surface area (Å²) in [5.74, 6) is 1.54. The summed E-state index contributed by atoms with van der Waals surface area (Å²) in [7, 11) is 0. The van der Waals surface area contributed by atoms with Gasteiger partial charge in [-0.3, -0.25) is 4.79 Å². The van der Waals surface area contributed by atoms with Crippen molar-refractivity contribution in [3.05, 3.63) is 0 Å². The Morgan fingerprint density at radius 1 is 1.37 bits per heavy atom. The zero-order chi connectivity index (χ0) is 14.2. The first-order valence-corrected chi connectivity index (χ1v) is 7.93. The number of rotatable bonds is 4. The van der Waals surface area contributed by atoms with E-state index in [2.05, 4.69) is 33.0 Å². The molecule has 5 atom stereocenters. The lowest BCUT2D eigenvalue weighted by atomic mass is 9.61. The summed E-state index contributed by atoms with van der Waals surface area (Å²) in [6, 6.07) is 0.696. The van der Waals surface area contributed by atoms with Crippen LogP contribution >= 0.6 is 0 Å². The van der Waals surface area contributed by atoms with E-state index in [1.807, 2.05) is 0 Å². The van der Waals surface area contributed by atoms with Crippen molar-refractivity contribution in [3.63, 3.8) is 0 Å². The second-order valence-electron chi connectivity index (χ2n) is 7.30. The highest BCUT2D eigenvalue weighted by Gasteiger charge is 2.47. The van der Waals surface area contributed by atoms with E-state index in [4.69, 9.17) is 5.73 Å². The van der Waals surface area contributed by atoms with Crippen molar-refractivity contribution in [2.24, 2.45) is 28.9 Å². The lowest BCUT2D eigenvalue weighted by Crippen LogP contribution is -2.52. The maximum absolute atomic E-state index is 12.5. The molecule has 2 saturated carbocycles. The molecule has 3 N–H and O–H groups in total. The first-order chi connectivity index (χ1) is 8.87. The zero-order valence-electron chi connectivity index (χ0n) is 12.9. The molecule has 0 aromatic rings. The standard InChI is InChI=1S/C16H30N2O/c1-5-6-11-9-14(11)18-15(19)12-7-8-13(17)10(2)16(12,3)4/h10-14H,5-9,17H2,1-4H3,(H,18,19). The molecule has 0 saturated heterocycles. The zero-order valence-corrected chi connectivity index (χ0v) is 12.9. The van der Waals surface area contributed by atoms with Crippen LogP contribution in [0.15, 0.2) is 0 Å². The minimum atomic E-state index is 0.0108. The van der Waals surface area contributed by atoms with E-state index in [1.54, 1.807) is 0 Å². The van der Waals surface area contributed by atoms with Crippen LogP contribution in [0, 0.1) is 23.2 Å². The maximum atomic E-state index is 12.5. The Morgan fingerprint density at radius 3 is 2.68 bits per heavy atom. The minimum absolute atomic E-state index is 0.0108. The van der Waals surface area contributed by atoms with Crippen LogP contribution < -0.4 is 11.1 Å². The fraction of sp³-hybridized carbons (Fsp3) is 0.938. The smallest absolute Gasteiger partial charge is 0.223 e. The van der Waals surface area contributed by atoms with Crippen LogP contribution in [0.2, 0.25) is 0 Å². The Morgan fingerprint density at radius 2 is 2.05 bits per heavy atom. The van der Waals surface area contributed by atoms with Crippen LogP contribution in [-0.2, 0) is 4.79 Å². The average molecular weight is 266 g/mol. The number of amides is 1. The van der Waals surface area contributed by atoms with Crippen molar-refractivity contribution < 1.29 is 4.79 Å². The van der Waals surface area contributed by atoms with Gasteiger partial charge in [0.2, 0.25) is 5.91 Å². The number of carbonyl (C=O) groups excluding carboxylic acids is 1. The molecule has 19 heavy (non-hydrogen) atoms. The topological polar surface area (TPSA) is 55.1 Å². The molecule has 0 aromatic carbocycles. The van der Waals surface area contributed by atoms with Crippen molar-refractivity contribution in [2.75, 3.05) is 0 Å². The predicted molar refractivity (Wildman–Crippen MR) is 78.6 cm³/mol. The molecule has 5 unspecified atom stereocenters. The molecule has 0 aliphatic heterocycles. The van der Waals surface area contributed by atoms with Gasteiger partial charge in [0, 0.05) is 18.0 Å². The molecule has 110 valence electrons. The molecule has 2 fully saturated rings. The van der Waals surface area contributed by atoms with E-state index < -0.39 is 0 Å². The SMILES string of the molecule is CCCC1CC1NC(=O)C1CCC(N)C(C)C1(C)C. The highest BCUT2D eigenvalue weighted by atomic mass is 16.2. The molecule has 0 radical (unpaired) electrons. The number of carbonyl (C=O) groups is 1. The van der Waals surface area contributed by atoms with Crippen LogP contribution in [0.4, 0.5) is 0 Å². The van der Waals surface area contributed by atoms with E-state index in [9.17, 15) is 4.79 Å². The number of nitrogens with two attached hydrogens (primary N) is 1. The van der Waals surface area contributed by atoms with Gasteiger partial charge in [-0.15, -0.1) is 0 Å². The van der Waals surface area contributed by atoms with Gasteiger partial charge in [-0.2, -0.15) is 0 Å². The first kappa shape index (κ1) is 14.8. The molecule has 3 heteroatoms. The lowest BCUT2D eigenvalue weighted by molar-refractivity contribution is -0.132. The Balaban J connectivity index is 1.92. The van der Waals surface area contributed by atoms with Crippen molar-refractivity contribution >= 4 is 5.91 Å². The van der Waals surface area contributed by atoms with Crippen LogP contribution in [0.5, 0.6) is 0 Å². The van der Waals surface area contributed by atoms with Crippen molar-refractivity contribution in [1.82, 2.24) is 5.32 Å². The highest BCUT2D eigenvalue weighted by Crippen LogP contribution is 2.45. The fourth-order valence-corrected chi connectivity index (χ4v) is 3.72. The number of nitrogens with one attached hydrogen (secondary N) is 1. The fourth-order valence-electron chi connectivity index (χ4n) is 3.72. The Bertz CT molecular complexity index is 340. The third-order valence-electron chi connectivity index (χ3n) is 5.73. The Kier molecular flexibility index (Phi) is 4.24. The normalized spacial score (nSPS) is 40.8. The molecule has 2 aliphatic carbocycles. The van der Waals surface area contributed by atoms with Crippen LogP contribution in [0.3, 0.4) is 0 Å². The first-order valence-electron chi connectivity index (χ1n) is 7.93. The summed E-state index contributed by atoms with van der Waals surface area (Å²) in [6.07, 6.45) is 5.57. The third-order valence-corrected chi connectivity index (χ3v) is 5.73. The quantitative estimate of drug-likeness (QED) is 0.822. The lowest BCUT2D eigenvalue weighted by Gasteiger charge is -2.46. The molecular formula is C16H30N2O. The van der Waals surface area contributed by atoms with E-state index in [0.717, 1.165) is 18.8 Å². The molecule has 0 aromatic heterocycles. The van der Waals surface area contributed by atoms with E-state index in [1.165, 1.54) is 19.3 Å². The van der Waals surface area contributed by atoms with Gasteiger partial charge in [0.05, 0.1) is 0 Å². The van der Waals surface area contributed by atoms with Gasteiger partial charge in [0.15, 0.2) is 0 Å². The summed E-state index contributed by atoms with van der Waals surface area (Å²) in [4.78, 5) is 12.5. The summed E-state index contributed by atoms with van der Waals surface area (Å²) in [5.41, 5.74) is 6.17. The van der Waals surface area contributed by atoms with Gasteiger partial charge in [0.25, 0.3) is 0 Å². The molecule has 3 nitrogen and oxygen atoms in total. The molecule has 1 amide bonds. The maximum Gasteiger partial charge on any atom is 0.223 e. The van der Waals surface area contributed by atoms with Gasteiger partial charge in [-0.1, -0.05) is 34.1 Å². The van der Waals surface area contributed by atoms with Gasteiger partial charge in [-0.25, -0.2) is 0 Å². The molecule has 2 rings (SSSR count). The Hall–Kier alpha value is -0.570. The van der Waals surface area contributed by atoms with E-state index in [-0.39, 0.29) is 23.3 Å². The van der Waals surface area contributed by atoms with Crippen molar-refractivity contribution in [2.45, 2.75) is 71.9 Å². The number of hydrogen-bond donors (Lipinski definition) is 2. The Labute approximate surface area is 117 Å². The average Bonchev–Trinajstić information content (AvgIpc) is 3.04. The molecule has 2 aliphatic rings. The third kappa shape index (κ3) is 2.96. The van der Waals surface area contributed by atoms with Crippen molar-refractivity contribution in [1.29, 1.82) is 0 Å².